The van der Waals surface area contributed by atoms with Crippen LogP contribution >= 0.6 is 0 Å². The smallest absolute Gasteiger partial charge is 0.372 e. The Morgan fingerprint density at radius 2 is 1.21 bits per heavy atom. The number of allylic oxidation sites excluding steroid dienone is 2. The number of esters is 1. The monoisotopic (exact) mass is 396 g/mol. The van der Waals surface area contributed by atoms with E-state index in [9.17, 15) is 14.4 Å². The summed E-state index contributed by atoms with van der Waals surface area (Å²) in [4.78, 5) is 32.6. The highest BCUT2D eigenvalue weighted by atomic mass is 16.5. The molecule has 0 bridgehead atoms. The topological polar surface area (TPSA) is 80.7 Å². The molecule has 0 amide bonds. The van der Waals surface area contributed by atoms with Crippen molar-refractivity contribution in [3.63, 3.8) is 0 Å². The fraction of sp³-hybridized carbons (Fsp3) is 0.783. The van der Waals surface area contributed by atoms with E-state index in [4.69, 9.17) is 9.84 Å². The van der Waals surface area contributed by atoms with Crippen LogP contribution in [-0.4, -0.2) is 29.4 Å². The summed E-state index contributed by atoms with van der Waals surface area (Å²) in [5.41, 5.74) is 0. The van der Waals surface area contributed by atoms with E-state index in [1.165, 1.54) is 70.6 Å². The van der Waals surface area contributed by atoms with Crippen LogP contribution in [-0.2, 0) is 19.1 Å². The molecule has 0 aromatic carbocycles. The van der Waals surface area contributed by atoms with Crippen molar-refractivity contribution < 1.29 is 24.2 Å². The van der Waals surface area contributed by atoms with Crippen molar-refractivity contribution in [1.29, 1.82) is 0 Å². The van der Waals surface area contributed by atoms with Crippen molar-refractivity contribution in [3.05, 3.63) is 12.2 Å². The van der Waals surface area contributed by atoms with E-state index in [1.807, 2.05) is 0 Å². The Kier molecular flexibility index (Phi) is 18.9. The highest BCUT2D eigenvalue weighted by Gasteiger charge is 2.13. The van der Waals surface area contributed by atoms with Gasteiger partial charge in [0.05, 0.1) is 13.0 Å². The van der Waals surface area contributed by atoms with Gasteiger partial charge in [0.25, 0.3) is 0 Å². The standard InChI is InChI=1S/C23H40O5/c1-2-3-4-5-6-7-8-9-10-11-12-13-14-15-16-17-20-28-22(25)19-18-21(24)23(26)27/h9-10H,2-8,11-20H2,1H3,(H,26,27)/b10-9-. The number of hydrogen-bond acceptors (Lipinski definition) is 4. The Morgan fingerprint density at radius 3 is 1.75 bits per heavy atom. The predicted octanol–water partition coefficient (Wildman–Crippen LogP) is 6.00. The maximum atomic E-state index is 11.4. The van der Waals surface area contributed by atoms with Crippen LogP contribution in [0.2, 0.25) is 0 Å². The highest BCUT2D eigenvalue weighted by Crippen LogP contribution is 2.10. The number of unbranched alkanes of at least 4 members (excludes halogenated alkanes) is 12. The van der Waals surface area contributed by atoms with E-state index in [0.717, 1.165) is 19.3 Å². The first kappa shape index (κ1) is 26.4. The molecule has 0 saturated heterocycles. The van der Waals surface area contributed by atoms with Crippen LogP contribution in [0.5, 0.6) is 0 Å². The van der Waals surface area contributed by atoms with E-state index in [-0.39, 0.29) is 12.8 Å². The zero-order valence-electron chi connectivity index (χ0n) is 17.8. The van der Waals surface area contributed by atoms with Crippen LogP contribution in [0.4, 0.5) is 0 Å². The van der Waals surface area contributed by atoms with Crippen LogP contribution in [0.1, 0.15) is 110 Å². The number of ketones is 1. The third-order valence-corrected chi connectivity index (χ3v) is 4.71. The van der Waals surface area contributed by atoms with Gasteiger partial charge in [0.15, 0.2) is 0 Å². The summed E-state index contributed by atoms with van der Waals surface area (Å²) in [5.74, 6) is -2.95. The minimum atomic E-state index is -1.50. The van der Waals surface area contributed by atoms with Gasteiger partial charge in [-0.15, -0.1) is 0 Å². The molecule has 5 nitrogen and oxygen atoms in total. The fourth-order valence-corrected chi connectivity index (χ4v) is 2.93. The Labute approximate surface area is 170 Å². The van der Waals surface area contributed by atoms with Crippen molar-refractivity contribution in [3.8, 4) is 0 Å². The maximum absolute atomic E-state index is 11.4. The molecule has 5 heteroatoms. The molecule has 0 aliphatic heterocycles. The molecule has 1 N–H and O–H groups in total. The third kappa shape index (κ3) is 19.1. The number of hydrogen-bond donors (Lipinski definition) is 1. The van der Waals surface area contributed by atoms with Crippen molar-refractivity contribution in [2.75, 3.05) is 6.61 Å². The summed E-state index contributed by atoms with van der Waals surface area (Å²) in [6, 6.07) is 0. The van der Waals surface area contributed by atoms with E-state index in [2.05, 4.69) is 19.1 Å². The number of carbonyl (C=O) groups excluding carboxylic acids is 2. The van der Waals surface area contributed by atoms with Gasteiger partial charge in [-0.2, -0.15) is 0 Å². The second-order valence-corrected chi connectivity index (χ2v) is 7.39. The minimum Gasteiger partial charge on any atom is -0.476 e. The molecule has 162 valence electrons. The number of carboxylic acid groups (broad SMARTS) is 1. The number of aliphatic carboxylic acids is 1. The Morgan fingerprint density at radius 1 is 0.714 bits per heavy atom. The van der Waals surface area contributed by atoms with Gasteiger partial charge in [-0.1, -0.05) is 76.9 Å². The van der Waals surface area contributed by atoms with Crippen LogP contribution in [0, 0.1) is 0 Å². The van der Waals surface area contributed by atoms with Crippen molar-refractivity contribution >= 4 is 17.7 Å². The molecule has 0 atom stereocenters. The summed E-state index contributed by atoms with van der Waals surface area (Å²) < 4.78 is 5.00. The summed E-state index contributed by atoms with van der Waals surface area (Å²) in [7, 11) is 0. The minimum absolute atomic E-state index is 0.155. The number of carbonyl (C=O) groups is 3. The average Bonchev–Trinajstić information content (AvgIpc) is 2.68. The fourth-order valence-electron chi connectivity index (χ4n) is 2.93. The molecule has 0 aromatic rings. The van der Waals surface area contributed by atoms with E-state index in [0.29, 0.717) is 6.61 Å². The van der Waals surface area contributed by atoms with Gasteiger partial charge >= 0.3 is 11.9 Å². The van der Waals surface area contributed by atoms with Gasteiger partial charge in [-0.3, -0.25) is 9.59 Å². The van der Waals surface area contributed by atoms with Gasteiger partial charge in [0, 0.05) is 6.42 Å². The maximum Gasteiger partial charge on any atom is 0.372 e. The first-order chi connectivity index (χ1) is 13.6. The second kappa shape index (κ2) is 20.1. The molecule has 0 fully saturated rings. The average molecular weight is 397 g/mol. The van der Waals surface area contributed by atoms with Gasteiger partial charge < -0.3 is 9.84 Å². The van der Waals surface area contributed by atoms with Gasteiger partial charge in [0.2, 0.25) is 5.78 Å². The van der Waals surface area contributed by atoms with Crippen molar-refractivity contribution in [1.82, 2.24) is 0 Å². The molecular formula is C23H40O5. The van der Waals surface area contributed by atoms with Crippen molar-refractivity contribution in [2.24, 2.45) is 0 Å². The van der Waals surface area contributed by atoms with Crippen molar-refractivity contribution in [2.45, 2.75) is 110 Å². The third-order valence-electron chi connectivity index (χ3n) is 4.71. The number of ether oxygens (including phenoxy) is 1. The van der Waals surface area contributed by atoms with Crippen LogP contribution < -0.4 is 0 Å². The van der Waals surface area contributed by atoms with Crippen LogP contribution in [0.15, 0.2) is 12.2 Å². The van der Waals surface area contributed by atoms with Crippen LogP contribution in [0.3, 0.4) is 0 Å². The van der Waals surface area contributed by atoms with Gasteiger partial charge in [0.1, 0.15) is 0 Å². The molecule has 28 heavy (non-hydrogen) atoms. The van der Waals surface area contributed by atoms with E-state index in [1.54, 1.807) is 0 Å². The van der Waals surface area contributed by atoms with E-state index >= 15 is 0 Å². The SMILES string of the molecule is CCCCCCCC/C=C\CCCCCCCCOC(=O)CCC(=O)C(=O)O. The van der Waals surface area contributed by atoms with Crippen LogP contribution in [0.25, 0.3) is 0 Å². The molecular weight excluding hydrogens is 356 g/mol. The molecule has 0 aliphatic rings. The molecule has 0 unspecified atom stereocenters. The molecule has 0 saturated carbocycles. The lowest BCUT2D eigenvalue weighted by molar-refractivity contribution is -0.150. The molecule has 0 aromatic heterocycles. The quantitative estimate of drug-likeness (QED) is 0.118. The molecule has 0 spiro atoms. The number of rotatable bonds is 20. The number of carboxylic acids is 1. The summed E-state index contributed by atoms with van der Waals surface area (Å²) in [6.45, 7) is 2.60. The predicted molar refractivity (Wildman–Crippen MR) is 112 cm³/mol. The molecule has 0 heterocycles. The zero-order chi connectivity index (χ0) is 20.9. The lowest BCUT2D eigenvalue weighted by Gasteiger charge is -2.04. The summed E-state index contributed by atoms with van der Waals surface area (Å²) in [5, 5.41) is 8.42. The lowest BCUT2D eigenvalue weighted by Crippen LogP contribution is -2.15. The largest absolute Gasteiger partial charge is 0.476 e. The summed E-state index contributed by atoms with van der Waals surface area (Å²) >= 11 is 0. The van der Waals surface area contributed by atoms with Gasteiger partial charge in [-0.25, -0.2) is 4.79 Å². The highest BCUT2D eigenvalue weighted by molar-refractivity contribution is 6.32. The van der Waals surface area contributed by atoms with Gasteiger partial charge in [-0.05, 0) is 32.1 Å². The second-order valence-electron chi connectivity index (χ2n) is 7.39. The molecule has 0 rings (SSSR count). The number of Topliss-reactive ketones (excluding diaryl/α,β-unsaturated/α-hetero) is 1. The molecule has 0 aliphatic carbocycles. The van der Waals surface area contributed by atoms with E-state index < -0.39 is 17.7 Å². The first-order valence-electron chi connectivity index (χ1n) is 11.1. The molecule has 0 radical (unpaired) electrons. The Hall–Kier alpha value is -1.65. The lowest BCUT2D eigenvalue weighted by atomic mass is 10.1. The zero-order valence-corrected chi connectivity index (χ0v) is 17.8. The normalized spacial score (nSPS) is 11.0. The first-order valence-corrected chi connectivity index (χ1v) is 11.1. The Balaban J connectivity index is 3.27. The Bertz CT molecular complexity index is 442. The summed E-state index contributed by atoms with van der Waals surface area (Å²) in [6.07, 6.45) is 21.4.